The lowest BCUT2D eigenvalue weighted by Gasteiger charge is -2.35. The van der Waals surface area contributed by atoms with Crippen LogP contribution in [0.15, 0.2) is 49.1 Å². The molecule has 3 heterocycles. The van der Waals surface area contributed by atoms with Crippen molar-refractivity contribution < 1.29 is 0 Å². The number of rotatable bonds is 4. The Labute approximate surface area is 153 Å². The second kappa shape index (κ2) is 7.35. The van der Waals surface area contributed by atoms with E-state index < -0.39 is 0 Å². The van der Waals surface area contributed by atoms with Gasteiger partial charge in [-0.05, 0) is 50.5 Å². The zero-order valence-corrected chi connectivity index (χ0v) is 15.3. The van der Waals surface area contributed by atoms with E-state index in [4.69, 9.17) is 0 Å². The molecule has 1 aliphatic heterocycles. The molecular weight excluding hydrogens is 324 g/mol. The predicted octanol–water partition coefficient (Wildman–Crippen LogP) is 3.04. The molecule has 0 spiro atoms. The average Bonchev–Trinajstić information content (AvgIpc) is 2.68. The maximum Gasteiger partial charge on any atom is 0.140 e. The summed E-state index contributed by atoms with van der Waals surface area (Å²) in [7, 11) is 4.29. The van der Waals surface area contributed by atoms with E-state index in [9.17, 15) is 0 Å². The van der Waals surface area contributed by atoms with E-state index in [0.717, 1.165) is 40.9 Å². The highest BCUT2D eigenvalue weighted by Gasteiger charge is 2.20. The van der Waals surface area contributed by atoms with Crippen molar-refractivity contribution in [1.29, 1.82) is 0 Å². The SMILES string of the molecule is CN1CCC(N(C)Nc2cc3cc(-c4cnccn4)ccc3cn2)CC1. The van der Waals surface area contributed by atoms with Gasteiger partial charge in [0, 0.05) is 42.6 Å². The van der Waals surface area contributed by atoms with Crippen LogP contribution in [0.3, 0.4) is 0 Å². The Balaban J connectivity index is 1.54. The van der Waals surface area contributed by atoms with Gasteiger partial charge in [-0.15, -0.1) is 0 Å². The third kappa shape index (κ3) is 3.66. The van der Waals surface area contributed by atoms with E-state index in [0.29, 0.717) is 6.04 Å². The monoisotopic (exact) mass is 348 g/mol. The molecule has 0 atom stereocenters. The summed E-state index contributed by atoms with van der Waals surface area (Å²) in [6.07, 6.45) is 9.45. The molecule has 0 radical (unpaired) electrons. The number of hydrogen-bond donors (Lipinski definition) is 1. The molecule has 1 N–H and O–H groups in total. The number of nitrogens with zero attached hydrogens (tertiary/aromatic N) is 5. The molecule has 6 nitrogen and oxygen atoms in total. The van der Waals surface area contributed by atoms with Gasteiger partial charge in [0.15, 0.2) is 0 Å². The Kier molecular flexibility index (Phi) is 4.77. The molecule has 1 saturated heterocycles. The highest BCUT2D eigenvalue weighted by Crippen LogP contribution is 2.24. The van der Waals surface area contributed by atoms with Crippen LogP contribution >= 0.6 is 0 Å². The van der Waals surface area contributed by atoms with Crippen molar-refractivity contribution in [3.05, 3.63) is 49.1 Å². The molecule has 6 heteroatoms. The molecule has 1 aliphatic rings. The minimum atomic E-state index is 0.537. The number of likely N-dealkylation sites (tertiary alicyclic amines) is 1. The second-order valence-corrected chi connectivity index (χ2v) is 6.98. The maximum absolute atomic E-state index is 4.57. The number of piperidine rings is 1. The minimum Gasteiger partial charge on any atom is -0.306 e. The Morgan fingerprint density at radius 3 is 2.65 bits per heavy atom. The predicted molar refractivity (Wildman–Crippen MR) is 105 cm³/mol. The third-order valence-corrected chi connectivity index (χ3v) is 5.11. The van der Waals surface area contributed by atoms with Crippen molar-refractivity contribution in [3.8, 4) is 11.3 Å². The fraction of sp³-hybridized carbons (Fsp3) is 0.350. The largest absolute Gasteiger partial charge is 0.306 e. The van der Waals surface area contributed by atoms with E-state index >= 15 is 0 Å². The van der Waals surface area contributed by atoms with Crippen molar-refractivity contribution in [3.63, 3.8) is 0 Å². The molecule has 26 heavy (non-hydrogen) atoms. The fourth-order valence-corrected chi connectivity index (χ4v) is 3.46. The average molecular weight is 348 g/mol. The van der Waals surface area contributed by atoms with Crippen LogP contribution in [0.2, 0.25) is 0 Å². The number of hydrogen-bond acceptors (Lipinski definition) is 6. The number of fused-ring (bicyclic) bond motifs is 1. The van der Waals surface area contributed by atoms with Gasteiger partial charge in [0.25, 0.3) is 0 Å². The van der Waals surface area contributed by atoms with E-state index in [2.05, 4.69) is 68.6 Å². The van der Waals surface area contributed by atoms with Gasteiger partial charge in [-0.25, -0.2) is 9.99 Å². The summed E-state index contributed by atoms with van der Waals surface area (Å²) in [5, 5.41) is 4.46. The number of nitrogens with one attached hydrogen (secondary N) is 1. The normalized spacial score (nSPS) is 16.3. The lowest BCUT2D eigenvalue weighted by atomic mass is 10.1. The summed E-state index contributed by atoms with van der Waals surface area (Å²) in [5.41, 5.74) is 5.39. The lowest BCUT2D eigenvalue weighted by Crippen LogP contribution is -2.44. The summed E-state index contributed by atoms with van der Waals surface area (Å²) in [6, 6.07) is 8.92. The van der Waals surface area contributed by atoms with E-state index in [-0.39, 0.29) is 0 Å². The van der Waals surface area contributed by atoms with Gasteiger partial charge in [-0.2, -0.15) is 0 Å². The first-order chi connectivity index (χ1) is 12.7. The second-order valence-electron chi connectivity index (χ2n) is 6.98. The Morgan fingerprint density at radius 1 is 1.04 bits per heavy atom. The van der Waals surface area contributed by atoms with Crippen molar-refractivity contribution in [2.24, 2.45) is 0 Å². The van der Waals surface area contributed by atoms with Gasteiger partial charge in [-0.3, -0.25) is 9.97 Å². The van der Waals surface area contributed by atoms with Crippen molar-refractivity contribution >= 4 is 16.6 Å². The van der Waals surface area contributed by atoms with Gasteiger partial charge >= 0.3 is 0 Å². The quantitative estimate of drug-likeness (QED) is 0.732. The number of pyridine rings is 1. The molecule has 134 valence electrons. The summed E-state index contributed by atoms with van der Waals surface area (Å²) < 4.78 is 0. The zero-order chi connectivity index (χ0) is 17.9. The Hall–Kier alpha value is -2.57. The van der Waals surface area contributed by atoms with Crippen LogP contribution in [-0.2, 0) is 0 Å². The van der Waals surface area contributed by atoms with Crippen molar-refractivity contribution in [2.45, 2.75) is 18.9 Å². The van der Waals surface area contributed by atoms with Crippen LogP contribution < -0.4 is 5.43 Å². The Morgan fingerprint density at radius 2 is 1.88 bits per heavy atom. The zero-order valence-electron chi connectivity index (χ0n) is 15.3. The van der Waals surface area contributed by atoms with Crippen LogP contribution in [0, 0.1) is 0 Å². The summed E-state index contributed by atoms with van der Waals surface area (Å²) >= 11 is 0. The van der Waals surface area contributed by atoms with Crippen LogP contribution in [0.4, 0.5) is 5.82 Å². The van der Waals surface area contributed by atoms with Crippen molar-refractivity contribution in [1.82, 2.24) is 24.9 Å². The molecule has 1 aromatic carbocycles. The lowest BCUT2D eigenvalue weighted by molar-refractivity contribution is 0.164. The molecule has 0 unspecified atom stereocenters. The van der Waals surface area contributed by atoms with E-state index in [1.807, 2.05) is 6.20 Å². The minimum absolute atomic E-state index is 0.537. The number of aromatic nitrogens is 3. The van der Waals surface area contributed by atoms with Crippen LogP contribution in [0.1, 0.15) is 12.8 Å². The van der Waals surface area contributed by atoms with Gasteiger partial charge < -0.3 is 10.3 Å². The highest BCUT2D eigenvalue weighted by molar-refractivity contribution is 5.87. The van der Waals surface area contributed by atoms with Crippen molar-refractivity contribution in [2.75, 3.05) is 32.6 Å². The maximum atomic E-state index is 4.57. The molecule has 0 amide bonds. The van der Waals surface area contributed by atoms with Gasteiger partial charge in [-0.1, -0.05) is 12.1 Å². The third-order valence-electron chi connectivity index (χ3n) is 5.11. The molecule has 3 aromatic rings. The molecule has 0 bridgehead atoms. The summed E-state index contributed by atoms with van der Waals surface area (Å²) in [6.45, 7) is 2.28. The van der Waals surface area contributed by atoms with E-state index in [1.165, 1.54) is 12.8 Å². The molecule has 0 aliphatic carbocycles. The molecule has 1 fully saturated rings. The van der Waals surface area contributed by atoms with Crippen LogP contribution in [-0.4, -0.2) is 58.1 Å². The van der Waals surface area contributed by atoms with Gasteiger partial charge in [0.1, 0.15) is 5.82 Å². The molecule has 4 rings (SSSR count). The number of benzene rings is 1. The highest BCUT2D eigenvalue weighted by atomic mass is 15.5. The van der Waals surface area contributed by atoms with Crippen LogP contribution in [0.25, 0.3) is 22.0 Å². The standard InChI is InChI=1S/C20H24N6/c1-25-9-5-18(6-10-25)26(2)24-20-12-17-11-15(3-4-16(17)13-23-20)19-14-21-7-8-22-19/h3-4,7-8,11-14,18H,5-6,9-10H2,1-2H3,(H,23,24). The van der Waals surface area contributed by atoms with Gasteiger partial charge in [0.05, 0.1) is 11.9 Å². The fourth-order valence-electron chi connectivity index (χ4n) is 3.46. The summed E-state index contributed by atoms with van der Waals surface area (Å²) in [4.78, 5) is 15.5. The van der Waals surface area contributed by atoms with E-state index in [1.54, 1.807) is 18.6 Å². The Bertz CT molecular complexity index is 874. The number of hydrazine groups is 1. The molecule has 0 saturated carbocycles. The summed E-state index contributed by atoms with van der Waals surface area (Å²) in [5.74, 6) is 0.871. The number of anilines is 1. The van der Waals surface area contributed by atoms with Gasteiger partial charge in [0.2, 0.25) is 0 Å². The first kappa shape index (κ1) is 16.9. The molecule has 2 aromatic heterocycles. The topological polar surface area (TPSA) is 57.2 Å². The van der Waals surface area contributed by atoms with Crippen LogP contribution in [0.5, 0.6) is 0 Å². The smallest absolute Gasteiger partial charge is 0.140 e. The first-order valence-corrected chi connectivity index (χ1v) is 9.03. The first-order valence-electron chi connectivity index (χ1n) is 9.03. The molecular formula is C20H24N6.